The van der Waals surface area contributed by atoms with E-state index < -0.39 is 7.92 Å². The van der Waals surface area contributed by atoms with Gasteiger partial charge in [0, 0.05) is 35.3 Å². The Hall–Kier alpha value is -6.16. The van der Waals surface area contributed by atoms with E-state index in [0.717, 1.165) is 11.1 Å². The van der Waals surface area contributed by atoms with Crippen LogP contribution in [0.25, 0.3) is 44.5 Å². The topological polar surface area (TPSA) is 54.0 Å². The number of hydrogen-bond donors (Lipinski definition) is 0. The number of methoxy groups -OCH3 is 4. The molecule has 0 radical (unpaired) electrons. The van der Waals surface area contributed by atoms with Gasteiger partial charge in [-0.15, -0.1) is 0 Å². The minimum Gasteiger partial charge on any atom is -0.496 e. The summed E-state index contributed by atoms with van der Waals surface area (Å²) in [5.74, 6) is 3.77. The lowest BCUT2D eigenvalue weighted by Crippen LogP contribution is -2.27. The van der Waals surface area contributed by atoms with Crippen LogP contribution in [0.15, 0.2) is 127 Å². The first-order valence-electron chi connectivity index (χ1n) is 25.5. The van der Waals surface area contributed by atoms with Crippen LogP contribution in [0.3, 0.4) is 0 Å². The van der Waals surface area contributed by atoms with Crippen molar-refractivity contribution < 1.29 is 23.7 Å². The molecule has 6 heteroatoms. The highest BCUT2D eigenvalue weighted by atomic mass is 31.1. The summed E-state index contributed by atoms with van der Waals surface area (Å²) in [6, 6.07) is 46.4. The Bertz CT molecular complexity index is 2770. The number of hydrogen-bond acceptors (Lipinski definition) is 5. The van der Waals surface area contributed by atoms with Gasteiger partial charge in [-0.05, 0) is 145 Å². The quantitative estimate of drug-likeness (QED) is 0.0959. The monoisotopic (exact) mass is 965 g/mol. The number of ketones is 1. The first-order valence-corrected chi connectivity index (χ1v) is 26.9. The fourth-order valence-electron chi connectivity index (χ4n) is 11.3. The van der Waals surface area contributed by atoms with Gasteiger partial charge in [0.1, 0.15) is 28.8 Å². The molecule has 0 N–H and O–H groups in total. The first kappa shape index (κ1) is 51.2. The number of Topliss-reactive ketones (excluding diaryl/α,β-unsaturated/α-hetero) is 1. The summed E-state index contributed by atoms with van der Waals surface area (Å²) in [5.41, 5.74) is 18.8. The van der Waals surface area contributed by atoms with Crippen LogP contribution in [0, 0.1) is 13.8 Å². The second-order valence-corrected chi connectivity index (χ2v) is 23.1. The van der Waals surface area contributed by atoms with Gasteiger partial charge in [0.05, 0.1) is 28.4 Å². The van der Waals surface area contributed by atoms with Crippen LogP contribution < -0.4 is 24.3 Å². The molecule has 1 saturated heterocycles. The van der Waals surface area contributed by atoms with Crippen molar-refractivity contribution in [1.82, 2.24) is 0 Å². The number of rotatable bonds is 15. The fourth-order valence-corrected chi connectivity index (χ4v) is 15.1. The van der Waals surface area contributed by atoms with Crippen molar-refractivity contribution in [2.45, 2.75) is 117 Å². The van der Waals surface area contributed by atoms with Crippen molar-refractivity contribution in [1.29, 1.82) is 0 Å². The van der Waals surface area contributed by atoms with Crippen LogP contribution in [-0.2, 0) is 4.79 Å². The van der Waals surface area contributed by atoms with Crippen LogP contribution in [0.1, 0.15) is 148 Å². The summed E-state index contributed by atoms with van der Waals surface area (Å²) < 4.78 is 25.3. The summed E-state index contributed by atoms with van der Waals surface area (Å²) in [7, 11) is 5.48. The molecule has 2 atom stereocenters. The number of ether oxygens (including phenoxy) is 4. The average Bonchev–Trinajstić information content (AvgIpc) is 3.37. The molecule has 0 aliphatic carbocycles. The van der Waals surface area contributed by atoms with Crippen molar-refractivity contribution in [3.8, 4) is 67.5 Å². The minimum atomic E-state index is -1.43. The van der Waals surface area contributed by atoms with E-state index in [2.05, 4.69) is 160 Å². The normalized spacial score (nSPS) is 16.0. The maximum absolute atomic E-state index is 14.9. The molecule has 1 aliphatic rings. The van der Waals surface area contributed by atoms with E-state index in [1.54, 1.807) is 28.4 Å². The molecule has 1 heterocycles. The molecule has 0 bridgehead atoms. The van der Waals surface area contributed by atoms with Gasteiger partial charge in [-0.2, -0.15) is 0 Å². The van der Waals surface area contributed by atoms with Gasteiger partial charge in [-0.3, -0.25) is 4.79 Å². The molecule has 5 nitrogen and oxygen atoms in total. The molecule has 7 aromatic carbocycles. The lowest BCUT2D eigenvalue weighted by atomic mass is 9.79. The highest BCUT2D eigenvalue weighted by Gasteiger charge is 2.46. The van der Waals surface area contributed by atoms with Crippen LogP contribution in [0.2, 0.25) is 0 Å². The first-order chi connectivity index (χ1) is 34.1. The smallest absolute Gasteiger partial charge is 0.134 e. The molecule has 0 amide bonds. The molecule has 1 aliphatic heterocycles. The van der Waals surface area contributed by atoms with E-state index in [0.29, 0.717) is 35.8 Å². The summed E-state index contributed by atoms with van der Waals surface area (Å²) in [6.45, 7) is 23.1. The van der Waals surface area contributed by atoms with Gasteiger partial charge in [0.25, 0.3) is 0 Å². The van der Waals surface area contributed by atoms with Gasteiger partial charge in [-0.1, -0.05) is 166 Å². The molecular weight excluding hydrogens is 892 g/mol. The van der Waals surface area contributed by atoms with Crippen LogP contribution in [0.4, 0.5) is 0 Å². The third-order valence-corrected chi connectivity index (χ3v) is 18.0. The van der Waals surface area contributed by atoms with E-state index in [9.17, 15) is 4.79 Å². The lowest BCUT2D eigenvalue weighted by Gasteiger charge is -2.43. The predicted octanol–water partition coefficient (Wildman–Crippen LogP) is 17.5. The van der Waals surface area contributed by atoms with E-state index in [-0.39, 0.29) is 40.8 Å². The SMILES string of the molecule is COc1cccc(OC)c1C1CC(=O)CC(c2c(OC)cccc2OC)P1c1c(-c2c(C(C)C)cc(-c3ccccc3C)cc2C(C)C)cccc1-c1c(C(C)C)cc(-c2ccccc2C)cc1C(C)C. The Kier molecular flexibility index (Phi) is 15.6. The second-order valence-electron chi connectivity index (χ2n) is 20.5. The third kappa shape index (κ3) is 9.80. The van der Waals surface area contributed by atoms with Crippen molar-refractivity contribution in [2.75, 3.05) is 28.4 Å². The van der Waals surface area contributed by atoms with Crippen LogP contribution in [0.5, 0.6) is 23.0 Å². The number of benzene rings is 7. The standard InChI is InChI=1S/C65H73O5P/c1-38(2)51-32-44(47-24-17-15-22-42(47)9)33-52(39(3)4)61(51)49-26-19-27-50(62-53(40(5)6)34-45(35-54(62)41(7)8)48-25-18-16-23-43(48)10)65(49)71-59(63-55(67-11)28-20-29-56(63)68-12)36-46(66)37-60(71)64-57(69-13)30-21-31-58(64)70-14/h15-35,38-41,59-60H,36-37H2,1-14H3. The second kappa shape index (κ2) is 21.7. The van der Waals surface area contributed by atoms with E-state index >= 15 is 0 Å². The molecule has 0 spiro atoms. The van der Waals surface area contributed by atoms with Crippen molar-refractivity contribution in [2.24, 2.45) is 0 Å². The van der Waals surface area contributed by atoms with E-state index in [1.165, 1.54) is 83.2 Å². The summed E-state index contributed by atoms with van der Waals surface area (Å²) in [4.78, 5) is 14.9. The predicted molar refractivity (Wildman–Crippen MR) is 299 cm³/mol. The Labute approximate surface area is 425 Å². The zero-order valence-corrected chi connectivity index (χ0v) is 45.4. The third-order valence-electron chi connectivity index (χ3n) is 14.7. The number of aryl methyl sites for hydroxylation is 2. The average molecular weight is 965 g/mol. The highest BCUT2D eigenvalue weighted by Crippen LogP contribution is 2.72. The Morgan fingerprint density at radius 2 is 0.718 bits per heavy atom. The van der Waals surface area contributed by atoms with Crippen molar-refractivity contribution in [3.05, 3.63) is 172 Å². The van der Waals surface area contributed by atoms with Gasteiger partial charge >= 0.3 is 0 Å². The van der Waals surface area contributed by atoms with Gasteiger partial charge < -0.3 is 18.9 Å². The molecule has 368 valence electrons. The van der Waals surface area contributed by atoms with Gasteiger partial charge in [0.2, 0.25) is 0 Å². The van der Waals surface area contributed by atoms with Gasteiger partial charge in [0.15, 0.2) is 0 Å². The Morgan fingerprint density at radius 1 is 0.423 bits per heavy atom. The molecule has 8 rings (SSSR count). The maximum Gasteiger partial charge on any atom is 0.134 e. The van der Waals surface area contributed by atoms with Crippen LogP contribution >= 0.6 is 7.92 Å². The molecule has 0 saturated carbocycles. The molecule has 2 unspecified atom stereocenters. The fraction of sp³-hybridized carbons (Fsp3) is 0.338. The molecule has 0 aromatic heterocycles. The van der Waals surface area contributed by atoms with Crippen molar-refractivity contribution >= 4 is 19.0 Å². The van der Waals surface area contributed by atoms with E-state index in [4.69, 9.17) is 18.9 Å². The molecule has 7 aromatic rings. The van der Waals surface area contributed by atoms with Crippen molar-refractivity contribution in [3.63, 3.8) is 0 Å². The van der Waals surface area contributed by atoms with Gasteiger partial charge in [-0.25, -0.2) is 0 Å². The molecule has 1 fully saturated rings. The van der Waals surface area contributed by atoms with Crippen LogP contribution in [-0.4, -0.2) is 34.2 Å². The maximum atomic E-state index is 14.9. The zero-order chi connectivity index (χ0) is 50.8. The zero-order valence-electron chi connectivity index (χ0n) is 44.5. The lowest BCUT2D eigenvalue weighted by molar-refractivity contribution is -0.119. The highest BCUT2D eigenvalue weighted by molar-refractivity contribution is 7.67. The number of carbonyl (C=O) groups excluding carboxylic acids is 1. The molecular formula is C65H73O5P. The summed E-state index contributed by atoms with van der Waals surface area (Å²) >= 11 is 0. The summed E-state index contributed by atoms with van der Waals surface area (Å²) in [6.07, 6.45) is 0.648. The largest absolute Gasteiger partial charge is 0.496 e. The molecule has 71 heavy (non-hydrogen) atoms. The Morgan fingerprint density at radius 3 is 1.01 bits per heavy atom. The van der Waals surface area contributed by atoms with E-state index in [1.807, 2.05) is 36.4 Å². The number of carbonyl (C=O) groups is 1. The minimum absolute atomic E-state index is 0.181. The summed E-state index contributed by atoms with van der Waals surface area (Å²) in [5, 5.41) is 1.27. The Balaban J connectivity index is 1.62.